The molecule has 1 aliphatic rings. The molecule has 1 saturated heterocycles. The van der Waals surface area contributed by atoms with Gasteiger partial charge in [-0.3, -0.25) is 4.98 Å². The van der Waals surface area contributed by atoms with Crippen LogP contribution in [0.5, 0.6) is 0 Å². The molecule has 2 atom stereocenters. The number of furan rings is 1. The number of carboxylic acids is 1. The predicted molar refractivity (Wildman–Crippen MR) is 120 cm³/mol. The lowest BCUT2D eigenvalue weighted by Crippen LogP contribution is -2.31. The third kappa shape index (κ3) is 4.30. The highest BCUT2D eigenvalue weighted by Gasteiger charge is 2.41. The smallest absolute Gasteiger partial charge is 0.336 e. The van der Waals surface area contributed by atoms with E-state index >= 15 is 0 Å². The van der Waals surface area contributed by atoms with Crippen molar-refractivity contribution < 1.29 is 19.1 Å². The number of carboxylic acid groups (broad SMARTS) is 1. The number of hydrogen-bond acceptors (Lipinski definition) is 5. The average Bonchev–Trinajstić information content (AvgIpc) is 3.39. The van der Waals surface area contributed by atoms with E-state index in [1.807, 2.05) is 24.3 Å². The van der Waals surface area contributed by atoms with Crippen LogP contribution in [0.3, 0.4) is 0 Å². The Hall–Kier alpha value is -3.23. The zero-order valence-electron chi connectivity index (χ0n) is 17.0. The number of thiocarbonyl (C=S) groups is 1. The first kappa shape index (κ1) is 21.0. The minimum atomic E-state index is -0.996. The van der Waals surface area contributed by atoms with Crippen LogP contribution in [0.1, 0.15) is 40.3 Å². The number of nitrogens with one attached hydrogen (secondary N) is 1. The van der Waals surface area contributed by atoms with Crippen molar-refractivity contribution in [2.24, 2.45) is 0 Å². The van der Waals surface area contributed by atoms with E-state index in [4.69, 9.17) is 21.4 Å². The van der Waals surface area contributed by atoms with Gasteiger partial charge >= 0.3 is 5.97 Å². The summed E-state index contributed by atoms with van der Waals surface area (Å²) in [7, 11) is 1.67. The number of hydrogen-bond donors (Lipinski definition) is 2. The summed E-state index contributed by atoms with van der Waals surface area (Å²) in [6.07, 6.45) is 2.56. The van der Waals surface area contributed by atoms with Crippen molar-refractivity contribution in [3.05, 3.63) is 77.8 Å². The summed E-state index contributed by atoms with van der Waals surface area (Å²) in [5.41, 5.74) is 1.59. The number of pyridine rings is 1. The van der Waals surface area contributed by atoms with Crippen LogP contribution in [0.25, 0.3) is 11.3 Å². The van der Waals surface area contributed by atoms with E-state index in [0.29, 0.717) is 35.3 Å². The fourth-order valence-corrected chi connectivity index (χ4v) is 4.21. The van der Waals surface area contributed by atoms with Gasteiger partial charge in [-0.2, -0.15) is 0 Å². The van der Waals surface area contributed by atoms with E-state index < -0.39 is 5.97 Å². The number of aromatic nitrogens is 1. The van der Waals surface area contributed by atoms with Crippen molar-refractivity contribution >= 4 is 23.3 Å². The maximum atomic E-state index is 11.6. The molecule has 2 aromatic heterocycles. The van der Waals surface area contributed by atoms with Gasteiger partial charge in [-0.1, -0.05) is 24.3 Å². The van der Waals surface area contributed by atoms with Crippen molar-refractivity contribution in [2.45, 2.75) is 18.5 Å². The second kappa shape index (κ2) is 9.28. The molecule has 4 rings (SSSR count). The van der Waals surface area contributed by atoms with Crippen LogP contribution < -0.4 is 5.32 Å². The summed E-state index contributed by atoms with van der Waals surface area (Å²) in [4.78, 5) is 18.2. The summed E-state index contributed by atoms with van der Waals surface area (Å²) in [5, 5.41) is 13.5. The second-order valence-electron chi connectivity index (χ2n) is 7.22. The zero-order valence-corrected chi connectivity index (χ0v) is 17.8. The van der Waals surface area contributed by atoms with Crippen LogP contribution in [-0.2, 0) is 4.74 Å². The summed E-state index contributed by atoms with van der Waals surface area (Å²) in [5.74, 6) is 0.197. The number of benzene rings is 1. The maximum absolute atomic E-state index is 11.6. The minimum absolute atomic E-state index is 0.190. The van der Waals surface area contributed by atoms with Gasteiger partial charge < -0.3 is 24.5 Å². The third-order valence-corrected chi connectivity index (χ3v) is 5.64. The van der Waals surface area contributed by atoms with Crippen molar-refractivity contribution in [1.82, 2.24) is 15.2 Å². The van der Waals surface area contributed by atoms with Gasteiger partial charge in [0.25, 0.3) is 0 Å². The molecule has 1 aliphatic heterocycles. The summed E-state index contributed by atoms with van der Waals surface area (Å²) in [6, 6.07) is 15.9. The summed E-state index contributed by atoms with van der Waals surface area (Å²) >= 11 is 5.63. The molecule has 0 unspecified atom stereocenters. The lowest BCUT2D eigenvalue weighted by atomic mass is 10.0. The average molecular weight is 438 g/mol. The second-order valence-corrected chi connectivity index (χ2v) is 7.61. The quantitative estimate of drug-likeness (QED) is 0.403. The molecule has 0 spiro atoms. The lowest BCUT2D eigenvalue weighted by molar-refractivity contribution is 0.0697. The Labute approximate surface area is 185 Å². The van der Waals surface area contributed by atoms with Gasteiger partial charge in [-0.15, -0.1) is 0 Å². The van der Waals surface area contributed by atoms with Gasteiger partial charge in [0.15, 0.2) is 5.11 Å². The Bertz CT molecular complexity index is 1070. The van der Waals surface area contributed by atoms with Gasteiger partial charge in [0.1, 0.15) is 17.6 Å². The van der Waals surface area contributed by atoms with Gasteiger partial charge in [-0.05, 0) is 49.0 Å². The molecule has 0 saturated carbocycles. The first-order valence-corrected chi connectivity index (χ1v) is 10.4. The fourth-order valence-electron chi connectivity index (χ4n) is 3.88. The normalized spacial score (nSPS) is 18.2. The Kier molecular flexibility index (Phi) is 6.29. The molecule has 8 heteroatoms. The first-order chi connectivity index (χ1) is 15.1. The van der Waals surface area contributed by atoms with Gasteiger partial charge in [-0.25, -0.2) is 4.79 Å². The molecule has 1 aromatic carbocycles. The highest BCUT2D eigenvalue weighted by Crippen LogP contribution is 2.40. The molecule has 3 heterocycles. The van der Waals surface area contributed by atoms with Crippen LogP contribution in [0.15, 0.2) is 65.2 Å². The number of methoxy groups -OCH3 is 1. The molecule has 0 radical (unpaired) electrons. The van der Waals surface area contributed by atoms with Crippen LogP contribution in [-0.4, -0.2) is 46.3 Å². The SMILES string of the molecule is COCCCN1C(=S)N[C@H](c2ccccn2)[C@@H]1c1ccc(-c2ccccc2C(=O)O)o1. The van der Waals surface area contributed by atoms with Gasteiger partial charge in [0.05, 0.1) is 17.3 Å². The first-order valence-electron chi connectivity index (χ1n) is 9.99. The monoisotopic (exact) mass is 437 g/mol. The van der Waals surface area contributed by atoms with Crippen molar-refractivity contribution in [3.8, 4) is 11.3 Å². The van der Waals surface area contributed by atoms with Gasteiger partial charge in [0, 0.05) is 32.0 Å². The molecule has 1 fully saturated rings. The predicted octanol–water partition coefficient (Wildman–Crippen LogP) is 4.05. The molecule has 0 bridgehead atoms. The third-order valence-electron chi connectivity index (χ3n) is 5.29. The molecule has 0 aliphatic carbocycles. The van der Waals surface area contributed by atoms with Crippen LogP contribution in [0.4, 0.5) is 0 Å². The Morgan fingerprint density at radius 1 is 1.23 bits per heavy atom. The van der Waals surface area contributed by atoms with E-state index in [-0.39, 0.29) is 17.6 Å². The molecule has 160 valence electrons. The number of carbonyl (C=O) groups is 1. The molecular formula is C23H23N3O4S. The van der Waals surface area contributed by atoms with E-state index in [0.717, 1.165) is 12.1 Å². The molecule has 2 N–H and O–H groups in total. The maximum Gasteiger partial charge on any atom is 0.336 e. The highest BCUT2D eigenvalue weighted by atomic mass is 32.1. The molecule has 0 amide bonds. The molecule has 31 heavy (non-hydrogen) atoms. The van der Waals surface area contributed by atoms with E-state index in [1.165, 1.54) is 0 Å². The summed E-state index contributed by atoms with van der Waals surface area (Å²) < 4.78 is 11.4. The number of aromatic carboxylic acids is 1. The number of ether oxygens (including phenoxy) is 1. The van der Waals surface area contributed by atoms with Crippen molar-refractivity contribution in [2.75, 3.05) is 20.3 Å². The van der Waals surface area contributed by atoms with E-state index in [2.05, 4.69) is 15.2 Å². The topological polar surface area (TPSA) is 87.8 Å². The van der Waals surface area contributed by atoms with E-state index in [1.54, 1.807) is 43.6 Å². The molecular weight excluding hydrogens is 414 g/mol. The van der Waals surface area contributed by atoms with Crippen LogP contribution in [0.2, 0.25) is 0 Å². The number of rotatable bonds is 8. The van der Waals surface area contributed by atoms with Crippen molar-refractivity contribution in [1.29, 1.82) is 0 Å². The zero-order chi connectivity index (χ0) is 21.8. The standard InChI is InChI=1S/C23H23N3O4S/c1-29-14-6-13-26-21(20(25-23(26)31)17-9-4-5-12-24-17)19-11-10-18(30-19)15-7-2-3-8-16(15)22(27)28/h2-5,7-12,20-21H,6,13-14H2,1H3,(H,25,31)(H,27,28)/t20-,21+/m1/s1. The molecule has 7 nitrogen and oxygen atoms in total. The van der Waals surface area contributed by atoms with Crippen LogP contribution in [0, 0.1) is 0 Å². The van der Waals surface area contributed by atoms with Crippen LogP contribution >= 0.6 is 12.2 Å². The van der Waals surface area contributed by atoms with Gasteiger partial charge in [0.2, 0.25) is 0 Å². The summed E-state index contributed by atoms with van der Waals surface area (Å²) in [6.45, 7) is 1.31. The Balaban J connectivity index is 1.72. The minimum Gasteiger partial charge on any atom is -0.478 e. The Morgan fingerprint density at radius 3 is 2.77 bits per heavy atom. The molecule has 3 aromatic rings. The Morgan fingerprint density at radius 2 is 2.03 bits per heavy atom. The number of nitrogens with zero attached hydrogens (tertiary/aromatic N) is 2. The lowest BCUT2D eigenvalue weighted by Gasteiger charge is -2.26. The highest BCUT2D eigenvalue weighted by molar-refractivity contribution is 7.80. The van der Waals surface area contributed by atoms with E-state index in [9.17, 15) is 9.90 Å². The largest absolute Gasteiger partial charge is 0.478 e. The van der Waals surface area contributed by atoms with Crippen molar-refractivity contribution in [3.63, 3.8) is 0 Å². The fraction of sp³-hybridized carbons (Fsp3) is 0.261.